The minimum atomic E-state index is -0.120. The van der Waals surface area contributed by atoms with Crippen LogP contribution in [0.15, 0.2) is 18.2 Å². The summed E-state index contributed by atoms with van der Waals surface area (Å²) in [5.41, 5.74) is 2.45. The summed E-state index contributed by atoms with van der Waals surface area (Å²) in [4.78, 5) is 2.45. The molecule has 1 N–H and O–H groups in total. The van der Waals surface area contributed by atoms with Crippen molar-refractivity contribution < 1.29 is 9.13 Å². The van der Waals surface area contributed by atoms with Crippen LogP contribution < -0.4 is 5.32 Å². The van der Waals surface area contributed by atoms with E-state index in [0.717, 1.165) is 45.7 Å². The van der Waals surface area contributed by atoms with Gasteiger partial charge in [0.2, 0.25) is 0 Å². The maximum Gasteiger partial charge on any atom is 0.123 e. The molecular formula is C16H23FN2O. The monoisotopic (exact) mass is 278 g/mol. The third-order valence-corrected chi connectivity index (χ3v) is 4.30. The molecule has 20 heavy (non-hydrogen) atoms. The molecule has 1 heterocycles. The van der Waals surface area contributed by atoms with Crippen molar-refractivity contribution in [1.82, 2.24) is 10.2 Å². The van der Waals surface area contributed by atoms with Crippen LogP contribution in [-0.2, 0) is 11.2 Å². The van der Waals surface area contributed by atoms with E-state index in [4.69, 9.17) is 4.74 Å². The van der Waals surface area contributed by atoms with Crippen LogP contribution in [0.4, 0.5) is 4.39 Å². The van der Waals surface area contributed by atoms with Crippen LogP contribution in [0.5, 0.6) is 0 Å². The Morgan fingerprint density at radius 3 is 3.00 bits per heavy atom. The Bertz CT molecular complexity index is 460. The molecule has 3 nitrogen and oxygen atoms in total. The van der Waals surface area contributed by atoms with Gasteiger partial charge in [-0.1, -0.05) is 6.07 Å². The molecule has 1 saturated heterocycles. The standard InChI is InChI=1S/C16H23FN2O/c1-12(11-19-6-8-20-9-7-19)18-16-5-2-13-10-14(17)3-4-15(13)16/h3-4,10,12,16,18H,2,5-9,11H2,1H3. The smallest absolute Gasteiger partial charge is 0.123 e. The molecule has 0 aromatic heterocycles. The van der Waals surface area contributed by atoms with E-state index < -0.39 is 0 Å². The summed E-state index contributed by atoms with van der Waals surface area (Å²) < 4.78 is 18.6. The molecule has 1 aliphatic heterocycles. The second kappa shape index (κ2) is 6.20. The van der Waals surface area contributed by atoms with Gasteiger partial charge < -0.3 is 10.1 Å². The van der Waals surface area contributed by atoms with Crippen LogP contribution in [0, 0.1) is 5.82 Å². The van der Waals surface area contributed by atoms with Crippen molar-refractivity contribution in [3.05, 3.63) is 35.1 Å². The highest BCUT2D eigenvalue weighted by Gasteiger charge is 2.24. The van der Waals surface area contributed by atoms with Gasteiger partial charge in [-0.05, 0) is 43.0 Å². The van der Waals surface area contributed by atoms with Crippen molar-refractivity contribution in [2.75, 3.05) is 32.8 Å². The van der Waals surface area contributed by atoms with Gasteiger partial charge in [-0.2, -0.15) is 0 Å². The van der Waals surface area contributed by atoms with E-state index in [-0.39, 0.29) is 5.82 Å². The van der Waals surface area contributed by atoms with Crippen LogP contribution in [0.1, 0.15) is 30.5 Å². The molecule has 2 atom stereocenters. The van der Waals surface area contributed by atoms with Gasteiger partial charge in [-0.3, -0.25) is 4.90 Å². The normalized spacial score (nSPS) is 24.6. The molecule has 0 bridgehead atoms. The Morgan fingerprint density at radius 1 is 1.40 bits per heavy atom. The predicted octanol–water partition coefficient (Wildman–Crippen LogP) is 2.12. The van der Waals surface area contributed by atoms with E-state index in [1.54, 1.807) is 12.1 Å². The first-order valence-electron chi connectivity index (χ1n) is 7.57. The minimum absolute atomic E-state index is 0.120. The quantitative estimate of drug-likeness (QED) is 0.913. The first-order chi connectivity index (χ1) is 9.72. The first kappa shape index (κ1) is 14.0. The molecule has 110 valence electrons. The summed E-state index contributed by atoms with van der Waals surface area (Å²) in [6, 6.07) is 6.02. The van der Waals surface area contributed by atoms with Crippen molar-refractivity contribution in [3.63, 3.8) is 0 Å². The molecular weight excluding hydrogens is 255 g/mol. The molecule has 2 aliphatic rings. The molecule has 1 aromatic carbocycles. The molecule has 1 aromatic rings. The van der Waals surface area contributed by atoms with E-state index in [1.807, 2.05) is 6.07 Å². The van der Waals surface area contributed by atoms with Crippen molar-refractivity contribution in [2.45, 2.75) is 31.8 Å². The number of hydrogen-bond acceptors (Lipinski definition) is 3. The van der Waals surface area contributed by atoms with E-state index in [2.05, 4.69) is 17.1 Å². The Labute approximate surface area is 120 Å². The Balaban J connectivity index is 1.56. The maximum absolute atomic E-state index is 13.2. The van der Waals surface area contributed by atoms with Crippen LogP contribution in [0.3, 0.4) is 0 Å². The first-order valence-corrected chi connectivity index (χ1v) is 7.57. The van der Waals surface area contributed by atoms with Crippen molar-refractivity contribution in [1.29, 1.82) is 0 Å². The molecule has 1 fully saturated rings. The van der Waals surface area contributed by atoms with E-state index in [9.17, 15) is 4.39 Å². The van der Waals surface area contributed by atoms with Crippen LogP contribution in [0.2, 0.25) is 0 Å². The summed E-state index contributed by atoms with van der Waals surface area (Å²) in [5, 5.41) is 3.70. The lowest BCUT2D eigenvalue weighted by Gasteiger charge is -2.30. The SMILES string of the molecule is CC(CN1CCOCC1)NC1CCc2cc(F)ccc21. The zero-order valence-electron chi connectivity index (χ0n) is 12.1. The molecule has 0 amide bonds. The zero-order chi connectivity index (χ0) is 13.9. The lowest BCUT2D eigenvalue weighted by molar-refractivity contribution is 0.0338. The number of aryl methyl sites for hydroxylation is 1. The van der Waals surface area contributed by atoms with Gasteiger partial charge in [0.15, 0.2) is 0 Å². The molecule has 2 unspecified atom stereocenters. The molecule has 3 rings (SSSR count). The average Bonchev–Trinajstić information content (AvgIpc) is 2.82. The van der Waals surface area contributed by atoms with Gasteiger partial charge in [0.1, 0.15) is 5.82 Å². The number of ether oxygens (including phenoxy) is 1. The van der Waals surface area contributed by atoms with Crippen molar-refractivity contribution in [2.24, 2.45) is 0 Å². The third kappa shape index (κ3) is 3.19. The van der Waals surface area contributed by atoms with Crippen LogP contribution in [-0.4, -0.2) is 43.8 Å². The summed E-state index contributed by atoms with van der Waals surface area (Å²) in [6.45, 7) is 7.03. The summed E-state index contributed by atoms with van der Waals surface area (Å²) >= 11 is 0. The zero-order valence-corrected chi connectivity index (χ0v) is 12.1. The van der Waals surface area contributed by atoms with Crippen molar-refractivity contribution in [3.8, 4) is 0 Å². The maximum atomic E-state index is 13.2. The molecule has 4 heteroatoms. The molecule has 0 radical (unpaired) electrons. The highest BCUT2D eigenvalue weighted by molar-refractivity contribution is 5.35. The second-order valence-electron chi connectivity index (χ2n) is 5.92. The fourth-order valence-electron chi connectivity index (χ4n) is 3.33. The largest absolute Gasteiger partial charge is 0.379 e. The van der Waals surface area contributed by atoms with Crippen molar-refractivity contribution >= 4 is 0 Å². The minimum Gasteiger partial charge on any atom is -0.379 e. The van der Waals surface area contributed by atoms with Gasteiger partial charge in [0.05, 0.1) is 13.2 Å². The Kier molecular flexibility index (Phi) is 4.34. The second-order valence-corrected chi connectivity index (χ2v) is 5.92. The Hall–Kier alpha value is -0.970. The number of benzene rings is 1. The van der Waals surface area contributed by atoms with Gasteiger partial charge in [0, 0.05) is 31.7 Å². The number of fused-ring (bicyclic) bond motifs is 1. The van der Waals surface area contributed by atoms with Gasteiger partial charge >= 0.3 is 0 Å². The summed E-state index contributed by atoms with van der Waals surface area (Å²) in [7, 11) is 0. The number of rotatable bonds is 4. The van der Waals surface area contributed by atoms with Crippen LogP contribution >= 0.6 is 0 Å². The third-order valence-electron chi connectivity index (χ3n) is 4.30. The van der Waals surface area contributed by atoms with Crippen LogP contribution in [0.25, 0.3) is 0 Å². The Morgan fingerprint density at radius 2 is 2.20 bits per heavy atom. The average molecular weight is 278 g/mol. The fourth-order valence-corrected chi connectivity index (χ4v) is 3.33. The van der Waals surface area contributed by atoms with E-state index in [0.29, 0.717) is 12.1 Å². The molecule has 0 spiro atoms. The van der Waals surface area contributed by atoms with Gasteiger partial charge in [0.25, 0.3) is 0 Å². The number of nitrogens with one attached hydrogen (secondary N) is 1. The van der Waals surface area contributed by atoms with E-state index >= 15 is 0 Å². The summed E-state index contributed by atoms with van der Waals surface area (Å²) in [6.07, 6.45) is 2.06. The van der Waals surface area contributed by atoms with E-state index in [1.165, 1.54) is 11.1 Å². The number of nitrogens with zero attached hydrogens (tertiary/aromatic N) is 1. The topological polar surface area (TPSA) is 24.5 Å². The predicted molar refractivity (Wildman–Crippen MR) is 77.3 cm³/mol. The van der Waals surface area contributed by atoms with Gasteiger partial charge in [-0.15, -0.1) is 0 Å². The number of morpholine rings is 1. The lowest BCUT2D eigenvalue weighted by Crippen LogP contribution is -2.45. The highest BCUT2D eigenvalue weighted by Crippen LogP contribution is 2.31. The van der Waals surface area contributed by atoms with Gasteiger partial charge in [-0.25, -0.2) is 4.39 Å². The summed E-state index contributed by atoms with van der Waals surface area (Å²) in [5.74, 6) is -0.120. The molecule has 1 aliphatic carbocycles. The highest BCUT2D eigenvalue weighted by atomic mass is 19.1. The fraction of sp³-hybridized carbons (Fsp3) is 0.625. The number of hydrogen-bond donors (Lipinski definition) is 1. The lowest BCUT2D eigenvalue weighted by atomic mass is 10.1. The number of halogens is 1. The molecule has 0 saturated carbocycles.